The number of likely N-dealkylation sites (N-methyl/N-ethyl adjacent to an activating group) is 1. The van der Waals surface area contributed by atoms with Gasteiger partial charge in [0.05, 0.1) is 11.7 Å². The lowest BCUT2D eigenvalue weighted by atomic mass is 9.93. The van der Waals surface area contributed by atoms with Crippen LogP contribution < -0.4 is 5.32 Å². The van der Waals surface area contributed by atoms with Gasteiger partial charge in [0, 0.05) is 35.1 Å². The van der Waals surface area contributed by atoms with Crippen molar-refractivity contribution in [3.63, 3.8) is 0 Å². The molecule has 0 saturated carbocycles. The molecular formula is C30H32N4O2. The second kappa shape index (κ2) is 10.4. The number of hydrogen-bond donors (Lipinski definition) is 2. The van der Waals surface area contributed by atoms with Crippen molar-refractivity contribution in [1.82, 2.24) is 20.1 Å². The smallest absolute Gasteiger partial charge is 0.255 e. The van der Waals surface area contributed by atoms with E-state index >= 15 is 0 Å². The van der Waals surface area contributed by atoms with Gasteiger partial charge in [0.2, 0.25) is 5.91 Å². The summed E-state index contributed by atoms with van der Waals surface area (Å²) in [5.41, 5.74) is 5.63. The SMILES string of the molecule is CCN(CC)CCNC(=O)CN1C(=O)c2ccccc2C1c1c(-c2ccccc2)[nH]c2ccccc12. The minimum absolute atomic E-state index is 0.00413. The fourth-order valence-electron chi connectivity index (χ4n) is 5.23. The van der Waals surface area contributed by atoms with Crippen molar-refractivity contribution < 1.29 is 9.59 Å². The first-order valence-electron chi connectivity index (χ1n) is 12.7. The molecule has 1 aromatic heterocycles. The van der Waals surface area contributed by atoms with Gasteiger partial charge in [-0.1, -0.05) is 80.6 Å². The van der Waals surface area contributed by atoms with E-state index in [0.29, 0.717) is 12.1 Å². The Bertz CT molecular complexity index is 1370. The Kier molecular flexibility index (Phi) is 6.87. The number of benzene rings is 3. The van der Waals surface area contributed by atoms with Gasteiger partial charge in [-0.05, 0) is 36.3 Å². The molecule has 4 aromatic rings. The number of rotatable bonds is 9. The van der Waals surface area contributed by atoms with Crippen molar-refractivity contribution >= 4 is 22.7 Å². The van der Waals surface area contributed by atoms with E-state index in [1.54, 1.807) is 4.90 Å². The number of H-pyrrole nitrogens is 1. The van der Waals surface area contributed by atoms with Gasteiger partial charge < -0.3 is 20.1 Å². The zero-order valence-corrected chi connectivity index (χ0v) is 20.8. The van der Waals surface area contributed by atoms with Gasteiger partial charge in [0.1, 0.15) is 6.54 Å². The standard InChI is InChI=1S/C30H32N4O2/c1-3-33(4-2)19-18-31-26(35)20-34-29(22-14-8-9-15-23(22)30(34)36)27-24-16-10-11-17-25(24)32-28(27)21-12-6-5-7-13-21/h5-17,29,32H,3-4,18-20H2,1-2H3,(H,31,35). The Labute approximate surface area is 211 Å². The van der Waals surface area contributed by atoms with Crippen molar-refractivity contribution in [2.24, 2.45) is 0 Å². The quantitative estimate of drug-likeness (QED) is 0.360. The van der Waals surface area contributed by atoms with Crippen molar-refractivity contribution in [2.45, 2.75) is 19.9 Å². The van der Waals surface area contributed by atoms with Crippen LogP contribution in [0.2, 0.25) is 0 Å². The highest BCUT2D eigenvalue weighted by Crippen LogP contribution is 2.45. The van der Waals surface area contributed by atoms with Crippen LogP contribution in [0.5, 0.6) is 0 Å². The number of carbonyl (C=O) groups is 2. The van der Waals surface area contributed by atoms with Gasteiger partial charge in [0.15, 0.2) is 0 Å². The highest BCUT2D eigenvalue weighted by Gasteiger charge is 2.40. The maximum Gasteiger partial charge on any atom is 0.255 e. The van der Waals surface area contributed by atoms with Gasteiger partial charge in [-0.25, -0.2) is 0 Å². The summed E-state index contributed by atoms with van der Waals surface area (Å²) in [6.45, 7) is 7.46. The number of amides is 2. The number of nitrogens with one attached hydrogen (secondary N) is 2. The number of carbonyl (C=O) groups excluding carboxylic acids is 2. The van der Waals surface area contributed by atoms with E-state index in [9.17, 15) is 9.59 Å². The molecule has 0 fully saturated rings. The summed E-state index contributed by atoms with van der Waals surface area (Å²) < 4.78 is 0. The predicted octanol–water partition coefficient (Wildman–Crippen LogP) is 4.84. The number of aromatic amines is 1. The summed E-state index contributed by atoms with van der Waals surface area (Å²) in [5, 5.41) is 4.08. The summed E-state index contributed by atoms with van der Waals surface area (Å²) in [7, 11) is 0. The van der Waals surface area contributed by atoms with Crippen LogP contribution in [0.25, 0.3) is 22.2 Å². The molecule has 5 rings (SSSR count). The van der Waals surface area contributed by atoms with Crippen LogP contribution in [0.1, 0.15) is 41.4 Å². The number of aromatic nitrogens is 1. The van der Waals surface area contributed by atoms with E-state index < -0.39 is 0 Å². The molecule has 1 atom stereocenters. The molecule has 3 aromatic carbocycles. The Morgan fingerprint density at radius 2 is 1.64 bits per heavy atom. The third-order valence-corrected chi connectivity index (χ3v) is 7.10. The molecule has 0 radical (unpaired) electrons. The summed E-state index contributed by atoms with van der Waals surface area (Å²) in [4.78, 5) is 34.3. The first-order chi connectivity index (χ1) is 17.6. The number of nitrogens with zero attached hydrogens (tertiary/aromatic N) is 2. The zero-order valence-electron chi connectivity index (χ0n) is 20.8. The first-order valence-corrected chi connectivity index (χ1v) is 12.7. The Morgan fingerprint density at radius 3 is 2.42 bits per heavy atom. The largest absolute Gasteiger partial charge is 0.354 e. The van der Waals surface area contributed by atoms with Gasteiger partial charge >= 0.3 is 0 Å². The van der Waals surface area contributed by atoms with E-state index in [4.69, 9.17) is 0 Å². The van der Waals surface area contributed by atoms with Gasteiger partial charge in [-0.2, -0.15) is 0 Å². The normalized spacial score (nSPS) is 15.0. The zero-order chi connectivity index (χ0) is 25.1. The maximum atomic E-state index is 13.6. The van der Waals surface area contributed by atoms with E-state index in [-0.39, 0.29) is 24.4 Å². The van der Waals surface area contributed by atoms with E-state index in [0.717, 1.165) is 52.9 Å². The molecule has 1 unspecified atom stereocenters. The van der Waals surface area contributed by atoms with Crippen molar-refractivity contribution in [3.05, 3.63) is 95.6 Å². The predicted molar refractivity (Wildman–Crippen MR) is 144 cm³/mol. The molecule has 2 N–H and O–H groups in total. The lowest BCUT2D eigenvalue weighted by Gasteiger charge is -2.26. The second-order valence-electron chi connectivity index (χ2n) is 9.12. The molecule has 6 nitrogen and oxygen atoms in total. The average Bonchev–Trinajstić information content (AvgIpc) is 3.42. The third-order valence-electron chi connectivity index (χ3n) is 7.10. The Hall–Kier alpha value is -3.90. The highest BCUT2D eigenvalue weighted by molar-refractivity contribution is 6.03. The average molecular weight is 481 g/mol. The van der Waals surface area contributed by atoms with Crippen LogP contribution >= 0.6 is 0 Å². The Morgan fingerprint density at radius 1 is 0.944 bits per heavy atom. The van der Waals surface area contributed by atoms with Crippen LogP contribution in [0.15, 0.2) is 78.9 Å². The molecule has 0 aliphatic carbocycles. The molecule has 0 saturated heterocycles. The molecule has 0 spiro atoms. The molecule has 2 heterocycles. The number of fused-ring (bicyclic) bond motifs is 2. The number of hydrogen-bond acceptors (Lipinski definition) is 3. The van der Waals surface area contributed by atoms with Crippen molar-refractivity contribution in [1.29, 1.82) is 0 Å². The molecular weight excluding hydrogens is 448 g/mol. The summed E-state index contributed by atoms with van der Waals surface area (Å²) in [6.07, 6.45) is 0. The lowest BCUT2D eigenvalue weighted by Crippen LogP contribution is -2.42. The van der Waals surface area contributed by atoms with Crippen LogP contribution in [0.4, 0.5) is 0 Å². The molecule has 1 aliphatic heterocycles. The van der Waals surface area contributed by atoms with E-state index in [1.165, 1.54) is 0 Å². The van der Waals surface area contributed by atoms with Crippen molar-refractivity contribution in [2.75, 3.05) is 32.7 Å². The van der Waals surface area contributed by atoms with Gasteiger partial charge in [-0.3, -0.25) is 9.59 Å². The maximum absolute atomic E-state index is 13.6. The molecule has 1 aliphatic rings. The monoisotopic (exact) mass is 480 g/mol. The number of para-hydroxylation sites is 1. The third kappa shape index (κ3) is 4.40. The fourth-order valence-corrected chi connectivity index (χ4v) is 5.23. The van der Waals surface area contributed by atoms with Crippen LogP contribution in [-0.2, 0) is 4.79 Å². The summed E-state index contributed by atoms with van der Waals surface area (Å²) in [6, 6.07) is 25.7. The molecule has 36 heavy (non-hydrogen) atoms. The summed E-state index contributed by atoms with van der Waals surface area (Å²) >= 11 is 0. The second-order valence-corrected chi connectivity index (χ2v) is 9.12. The molecule has 2 amide bonds. The molecule has 0 bridgehead atoms. The fraction of sp³-hybridized carbons (Fsp3) is 0.267. The minimum atomic E-state index is -0.367. The van der Waals surface area contributed by atoms with Crippen molar-refractivity contribution in [3.8, 4) is 11.3 Å². The van der Waals surface area contributed by atoms with Gasteiger partial charge in [-0.15, -0.1) is 0 Å². The van der Waals surface area contributed by atoms with Crippen LogP contribution in [0.3, 0.4) is 0 Å². The van der Waals surface area contributed by atoms with Crippen LogP contribution in [-0.4, -0.2) is 59.3 Å². The van der Waals surface area contributed by atoms with Crippen LogP contribution in [0, 0.1) is 0 Å². The van der Waals surface area contributed by atoms with E-state index in [1.807, 2.05) is 54.6 Å². The molecule has 184 valence electrons. The van der Waals surface area contributed by atoms with E-state index in [2.05, 4.69) is 53.3 Å². The Balaban J connectivity index is 1.54. The minimum Gasteiger partial charge on any atom is -0.354 e. The topological polar surface area (TPSA) is 68.4 Å². The lowest BCUT2D eigenvalue weighted by molar-refractivity contribution is -0.122. The first kappa shape index (κ1) is 23.8. The molecule has 6 heteroatoms. The van der Waals surface area contributed by atoms with Gasteiger partial charge in [0.25, 0.3) is 5.91 Å². The highest BCUT2D eigenvalue weighted by atomic mass is 16.2. The summed E-state index contributed by atoms with van der Waals surface area (Å²) in [5.74, 6) is -0.256.